The molecule has 0 amide bonds. The van der Waals surface area contributed by atoms with Gasteiger partial charge in [-0.2, -0.15) is 0 Å². The van der Waals surface area contributed by atoms with Gasteiger partial charge in [0, 0.05) is 19.7 Å². The van der Waals surface area contributed by atoms with E-state index in [4.69, 9.17) is 4.74 Å². The van der Waals surface area contributed by atoms with Gasteiger partial charge in [-0.25, -0.2) is 0 Å². The number of hydrogen-bond donors (Lipinski definition) is 0. The average Bonchev–Trinajstić information content (AvgIpc) is 2.00. The summed E-state index contributed by atoms with van der Waals surface area (Å²) in [7, 11) is 3.92. The molecule has 0 unspecified atom stereocenters. The van der Waals surface area contributed by atoms with Crippen molar-refractivity contribution in [1.82, 2.24) is 4.90 Å². The number of ether oxygens (including phenoxy) is 1. The summed E-state index contributed by atoms with van der Waals surface area (Å²) < 4.78 is 5.34. The van der Waals surface area contributed by atoms with Crippen LogP contribution in [0, 0.1) is 0 Å². The lowest BCUT2D eigenvalue weighted by molar-refractivity contribution is 0.00737. The van der Waals surface area contributed by atoms with E-state index in [0.717, 1.165) is 13.0 Å². The highest BCUT2D eigenvalue weighted by Gasteiger charge is 2.17. The molecule has 2 heteroatoms. The molecule has 2 nitrogen and oxygen atoms in total. The number of hydrogen-bond acceptors (Lipinski definition) is 2. The van der Waals surface area contributed by atoms with Crippen LogP contribution in [0.3, 0.4) is 0 Å². The van der Waals surface area contributed by atoms with E-state index in [-0.39, 0.29) is 5.60 Å². The van der Waals surface area contributed by atoms with Crippen molar-refractivity contribution in [2.75, 3.05) is 20.7 Å². The van der Waals surface area contributed by atoms with E-state index in [1.165, 1.54) is 0 Å². The molecule has 0 aromatic carbocycles. The maximum atomic E-state index is 5.34. The van der Waals surface area contributed by atoms with Crippen molar-refractivity contribution in [3.05, 3.63) is 0 Å². The quantitative estimate of drug-likeness (QED) is 0.631. The normalized spacial score (nSPS) is 13.0. The molecule has 12 heavy (non-hydrogen) atoms. The molecule has 0 radical (unpaired) electrons. The Kier molecular flexibility index (Phi) is 4.80. The van der Waals surface area contributed by atoms with Crippen LogP contribution in [-0.4, -0.2) is 37.2 Å². The fourth-order valence-electron chi connectivity index (χ4n) is 0.806. The van der Waals surface area contributed by atoms with Crippen molar-refractivity contribution in [2.45, 2.75) is 45.8 Å². The average molecular weight is 173 g/mol. The summed E-state index contributed by atoms with van der Waals surface area (Å²) in [6, 6.07) is 0.623. The Morgan fingerprint density at radius 3 is 2.17 bits per heavy atom. The van der Waals surface area contributed by atoms with Gasteiger partial charge in [0.15, 0.2) is 0 Å². The summed E-state index contributed by atoms with van der Waals surface area (Å²) in [5.74, 6) is 0. The number of nitrogens with zero attached hydrogens (tertiary/aromatic N) is 1. The monoisotopic (exact) mass is 173 g/mol. The Morgan fingerprint density at radius 1 is 1.33 bits per heavy atom. The first-order chi connectivity index (χ1) is 5.39. The van der Waals surface area contributed by atoms with E-state index >= 15 is 0 Å². The van der Waals surface area contributed by atoms with E-state index in [1.807, 2.05) is 0 Å². The van der Waals surface area contributed by atoms with Crippen LogP contribution in [0.4, 0.5) is 0 Å². The first kappa shape index (κ1) is 11.9. The molecule has 0 N–H and O–H groups in total. The van der Waals surface area contributed by atoms with Crippen molar-refractivity contribution < 1.29 is 4.74 Å². The first-order valence-electron chi connectivity index (χ1n) is 4.64. The van der Waals surface area contributed by atoms with Crippen LogP contribution in [0.2, 0.25) is 0 Å². The minimum Gasteiger partial charge on any atom is -0.379 e. The zero-order chi connectivity index (χ0) is 9.78. The molecule has 0 aliphatic heterocycles. The topological polar surface area (TPSA) is 12.5 Å². The third-order valence-corrected chi connectivity index (χ3v) is 2.50. The summed E-state index contributed by atoms with van der Waals surface area (Å²) in [6.45, 7) is 9.76. The van der Waals surface area contributed by atoms with Crippen LogP contribution >= 0.6 is 0 Å². The van der Waals surface area contributed by atoms with Crippen molar-refractivity contribution in [2.24, 2.45) is 0 Å². The number of rotatable bonds is 5. The molecule has 0 fully saturated rings. The molecule has 0 saturated carbocycles. The summed E-state index contributed by atoms with van der Waals surface area (Å²) >= 11 is 0. The molecule has 0 aliphatic carbocycles. The lowest BCUT2D eigenvalue weighted by Gasteiger charge is -2.28. The molecular formula is C10H23NO. The van der Waals surface area contributed by atoms with Gasteiger partial charge in [-0.15, -0.1) is 0 Å². The van der Waals surface area contributed by atoms with E-state index in [9.17, 15) is 0 Å². The molecule has 0 aromatic heterocycles. The molecule has 0 rings (SSSR count). The molecule has 0 spiro atoms. The summed E-state index contributed by atoms with van der Waals surface area (Å²) in [5, 5.41) is 0. The van der Waals surface area contributed by atoms with Gasteiger partial charge in [0.25, 0.3) is 0 Å². The van der Waals surface area contributed by atoms with Gasteiger partial charge in [0.1, 0.15) is 0 Å². The van der Waals surface area contributed by atoms with Gasteiger partial charge >= 0.3 is 0 Å². The van der Waals surface area contributed by atoms with Gasteiger partial charge < -0.3 is 9.64 Å². The molecule has 0 aliphatic rings. The summed E-state index contributed by atoms with van der Waals surface area (Å²) in [5.41, 5.74) is 0.0170. The second-order valence-corrected chi connectivity index (χ2v) is 4.29. The molecule has 0 heterocycles. The second-order valence-electron chi connectivity index (χ2n) is 4.29. The molecule has 0 atom stereocenters. The van der Waals surface area contributed by atoms with Crippen LogP contribution in [0.15, 0.2) is 0 Å². The van der Waals surface area contributed by atoms with Crippen molar-refractivity contribution in [3.63, 3.8) is 0 Å². The molecular weight excluding hydrogens is 150 g/mol. The second kappa shape index (κ2) is 4.83. The maximum absolute atomic E-state index is 5.34. The van der Waals surface area contributed by atoms with Gasteiger partial charge in [-0.05, 0) is 41.2 Å². The van der Waals surface area contributed by atoms with Crippen LogP contribution < -0.4 is 0 Å². The van der Waals surface area contributed by atoms with Crippen LogP contribution in [0.25, 0.3) is 0 Å². The highest BCUT2D eigenvalue weighted by atomic mass is 16.5. The van der Waals surface area contributed by atoms with Crippen LogP contribution in [-0.2, 0) is 4.74 Å². The standard InChI is InChI=1S/C10H23NO/c1-9(2)11(5)8-7-10(3,4)12-6/h9H,7-8H2,1-6H3. The SMILES string of the molecule is COC(C)(C)CCN(C)C(C)C. The fraction of sp³-hybridized carbons (Fsp3) is 1.00. The third-order valence-electron chi connectivity index (χ3n) is 2.50. The predicted molar refractivity (Wildman–Crippen MR) is 53.5 cm³/mol. The Morgan fingerprint density at radius 2 is 1.83 bits per heavy atom. The van der Waals surface area contributed by atoms with E-state index in [0.29, 0.717) is 6.04 Å². The Hall–Kier alpha value is -0.0800. The first-order valence-corrected chi connectivity index (χ1v) is 4.64. The summed E-state index contributed by atoms with van der Waals surface area (Å²) in [6.07, 6.45) is 1.08. The van der Waals surface area contributed by atoms with Crippen LogP contribution in [0.5, 0.6) is 0 Å². The largest absolute Gasteiger partial charge is 0.379 e. The Balaban J connectivity index is 3.67. The van der Waals surface area contributed by atoms with Crippen molar-refractivity contribution in [3.8, 4) is 0 Å². The Labute approximate surface area is 76.9 Å². The molecule has 74 valence electrons. The highest BCUT2D eigenvalue weighted by molar-refractivity contribution is 4.70. The van der Waals surface area contributed by atoms with Gasteiger partial charge in [0.05, 0.1) is 5.60 Å². The van der Waals surface area contributed by atoms with Gasteiger partial charge in [0.2, 0.25) is 0 Å². The van der Waals surface area contributed by atoms with E-state index in [2.05, 4.69) is 39.6 Å². The van der Waals surface area contributed by atoms with E-state index in [1.54, 1.807) is 7.11 Å². The number of methoxy groups -OCH3 is 1. The lowest BCUT2D eigenvalue weighted by atomic mass is 10.0. The fourth-order valence-corrected chi connectivity index (χ4v) is 0.806. The van der Waals surface area contributed by atoms with Crippen molar-refractivity contribution in [1.29, 1.82) is 0 Å². The van der Waals surface area contributed by atoms with Crippen LogP contribution in [0.1, 0.15) is 34.1 Å². The molecule has 0 aromatic rings. The maximum Gasteiger partial charge on any atom is 0.0634 e. The van der Waals surface area contributed by atoms with Gasteiger partial charge in [-0.1, -0.05) is 0 Å². The minimum absolute atomic E-state index is 0.0170. The lowest BCUT2D eigenvalue weighted by Crippen LogP contribution is -2.33. The third kappa shape index (κ3) is 4.73. The zero-order valence-corrected chi connectivity index (χ0v) is 9.35. The van der Waals surface area contributed by atoms with Crippen molar-refractivity contribution >= 4 is 0 Å². The van der Waals surface area contributed by atoms with Gasteiger partial charge in [-0.3, -0.25) is 0 Å². The molecule has 0 saturated heterocycles. The minimum atomic E-state index is 0.0170. The smallest absolute Gasteiger partial charge is 0.0634 e. The summed E-state index contributed by atoms with van der Waals surface area (Å²) in [4.78, 5) is 2.33. The zero-order valence-electron chi connectivity index (χ0n) is 9.35. The van der Waals surface area contributed by atoms with E-state index < -0.39 is 0 Å². The highest BCUT2D eigenvalue weighted by Crippen LogP contribution is 2.13. The predicted octanol–water partition coefficient (Wildman–Crippen LogP) is 2.14. The molecule has 0 bridgehead atoms. The Bertz CT molecular complexity index is 121.